The zero-order chi connectivity index (χ0) is 16.5. The van der Waals surface area contributed by atoms with Gasteiger partial charge in [0.2, 0.25) is 0 Å². The molecule has 124 valence electrons. The van der Waals surface area contributed by atoms with E-state index in [0.717, 1.165) is 32.1 Å². The number of hydrogen-bond donors (Lipinski definition) is 0. The smallest absolute Gasteiger partial charge is 0.306 e. The Kier molecular flexibility index (Phi) is 14.7. The zero-order valence-electron chi connectivity index (χ0n) is 14.5. The Morgan fingerprint density at radius 2 is 1.55 bits per heavy atom. The second kappa shape index (κ2) is 15.8. The second-order valence-corrected chi connectivity index (χ2v) is 5.70. The van der Waals surface area contributed by atoms with Crippen molar-refractivity contribution in [2.75, 3.05) is 6.61 Å². The number of esters is 1. The fourth-order valence-electron chi connectivity index (χ4n) is 1.77. The number of ether oxygens (including phenoxy) is 1. The van der Waals surface area contributed by atoms with Gasteiger partial charge in [0.1, 0.15) is 0 Å². The van der Waals surface area contributed by atoms with Crippen LogP contribution in [0.1, 0.15) is 59.3 Å². The van der Waals surface area contributed by atoms with Crippen LogP contribution >= 0.6 is 0 Å². The summed E-state index contributed by atoms with van der Waals surface area (Å²) in [6.45, 7) is 6.74. The van der Waals surface area contributed by atoms with Gasteiger partial charge in [-0.1, -0.05) is 69.4 Å². The van der Waals surface area contributed by atoms with Crippen LogP contribution in [0, 0.1) is 5.92 Å². The third-order valence-electron chi connectivity index (χ3n) is 2.92. The highest BCUT2D eigenvalue weighted by atomic mass is 16.5. The standard InChI is InChI=1S/C20H32O2/c1-4-5-6-7-8-9-10-11-12-13-14-15-16-17-22-20(21)18-19(2)3/h5-12,19H,4,13-18H2,1-3H3. The maximum absolute atomic E-state index is 11.3. The number of unbranched alkanes of at least 4 members (excludes halogenated alkanes) is 3. The van der Waals surface area contributed by atoms with Gasteiger partial charge in [-0.2, -0.15) is 0 Å². The third-order valence-corrected chi connectivity index (χ3v) is 2.92. The Morgan fingerprint density at radius 1 is 0.909 bits per heavy atom. The molecule has 0 spiro atoms. The molecule has 22 heavy (non-hydrogen) atoms. The molecule has 2 heteroatoms. The van der Waals surface area contributed by atoms with Crippen LogP contribution in [0.4, 0.5) is 0 Å². The van der Waals surface area contributed by atoms with E-state index in [1.165, 1.54) is 0 Å². The summed E-state index contributed by atoms with van der Waals surface area (Å²) in [6, 6.07) is 0. The van der Waals surface area contributed by atoms with Crippen molar-refractivity contribution in [3.8, 4) is 0 Å². The van der Waals surface area contributed by atoms with Crippen molar-refractivity contribution in [2.45, 2.75) is 59.3 Å². The van der Waals surface area contributed by atoms with Gasteiger partial charge in [-0.3, -0.25) is 4.79 Å². The van der Waals surface area contributed by atoms with Crippen LogP contribution in [-0.4, -0.2) is 12.6 Å². The molecule has 0 aliphatic carbocycles. The molecule has 0 bridgehead atoms. The van der Waals surface area contributed by atoms with E-state index in [0.29, 0.717) is 18.9 Å². The maximum atomic E-state index is 11.3. The average molecular weight is 304 g/mol. The lowest BCUT2D eigenvalue weighted by Gasteiger charge is -2.05. The lowest BCUT2D eigenvalue weighted by Crippen LogP contribution is -2.08. The van der Waals surface area contributed by atoms with E-state index in [-0.39, 0.29) is 5.97 Å². The third kappa shape index (κ3) is 16.5. The fraction of sp³-hybridized carbons (Fsp3) is 0.550. The molecule has 0 fully saturated rings. The summed E-state index contributed by atoms with van der Waals surface area (Å²) in [6.07, 6.45) is 22.5. The highest BCUT2D eigenvalue weighted by Gasteiger charge is 2.04. The first-order valence-electron chi connectivity index (χ1n) is 8.47. The van der Waals surface area contributed by atoms with Gasteiger partial charge < -0.3 is 4.74 Å². The quantitative estimate of drug-likeness (QED) is 0.260. The number of carbonyl (C=O) groups is 1. The van der Waals surface area contributed by atoms with Crippen molar-refractivity contribution in [3.05, 3.63) is 48.6 Å². The molecule has 0 radical (unpaired) electrons. The van der Waals surface area contributed by atoms with E-state index in [2.05, 4.69) is 31.2 Å². The lowest BCUT2D eigenvalue weighted by molar-refractivity contribution is -0.144. The molecule has 0 N–H and O–H groups in total. The van der Waals surface area contributed by atoms with E-state index in [1.54, 1.807) is 0 Å². The monoisotopic (exact) mass is 304 g/mol. The molecule has 0 amide bonds. The fourth-order valence-corrected chi connectivity index (χ4v) is 1.77. The number of rotatable bonds is 12. The number of carbonyl (C=O) groups excluding carboxylic acids is 1. The van der Waals surface area contributed by atoms with Gasteiger partial charge >= 0.3 is 5.97 Å². The van der Waals surface area contributed by atoms with Gasteiger partial charge in [0, 0.05) is 6.42 Å². The minimum atomic E-state index is -0.0677. The van der Waals surface area contributed by atoms with Crippen molar-refractivity contribution >= 4 is 5.97 Å². The lowest BCUT2D eigenvalue weighted by atomic mass is 10.1. The first-order chi connectivity index (χ1) is 10.7. The molecule has 0 rings (SSSR count). The van der Waals surface area contributed by atoms with Crippen molar-refractivity contribution in [3.63, 3.8) is 0 Å². The average Bonchev–Trinajstić information content (AvgIpc) is 2.47. The summed E-state index contributed by atoms with van der Waals surface area (Å²) in [7, 11) is 0. The van der Waals surface area contributed by atoms with Gasteiger partial charge in [0.25, 0.3) is 0 Å². The number of hydrogen-bond acceptors (Lipinski definition) is 2. The molecular weight excluding hydrogens is 272 g/mol. The summed E-state index contributed by atoms with van der Waals surface area (Å²) >= 11 is 0. The molecule has 0 aliphatic heterocycles. The Balaban J connectivity index is 3.44. The summed E-state index contributed by atoms with van der Waals surface area (Å²) in [5, 5.41) is 0. The van der Waals surface area contributed by atoms with E-state index in [4.69, 9.17) is 4.74 Å². The molecular formula is C20H32O2. The first-order valence-corrected chi connectivity index (χ1v) is 8.47. The van der Waals surface area contributed by atoms with Crippen molar-refractivity contribution in [1.29, 1.82) is 0 Å². The van der Waals surface area contributed by atoms with Crippen LogP contribution in [0.15, 0.2) is 48.6 Å². The van der Waals surface area contributed by atoms with Crippen LogP contribution < -0.4 is 0 Å². The Labute approximate surface area is 136 Å². The Morgan fingerprint density at radius 3 is 2.18 bits per heavy atom. The van der Waals surface area contributed by atoms with Crippen LogP contribution in [0.3, 0.4) is 0 Å². The maximum Gasteiger partial charge on any atom is 0.306 e. The van der Waals surface area contributed by atoms with E-state index in [1.807, 2.05) is 38.2 Å². The van der Waals surface area contributed by atoms with Crippen molar-refractivity contribution in [1.82, 2.24) is 0 Å². The van der Waals surface area contributed by atoms with Crippen molar-refractivity contribution in [2.24, 2.45) is 5.92 Å². The predicted molar refractivity (Wildman–Crippen MR) is 95.7 cm³/mol. The van der Waals surface area contributed by atoms with Gasteiger partial charge in [0.15, 0.2) is 0 Å². The Bertz CT molecular complexity index is 373. The molecule has 0 aliphatic rings. The molecule has 2 nitrogen and oxygen atoms in total. The normalized spacial score (nSPS) is 12.5. The molecule has 0 aromatic heterocycles. The van der Waals surface area contributed by atoms with Crippen LogP contribution in [-0.2, 0) is 9.53 Å². The summed E-state index contributed by atoms with van der Waals surface area (Å²) in [4.78, 5) is 11.3. The SMILES string of the molecule is CCC=CC=CC=CC=CCCCCCOC(=O)CC(C)C. The molecule has 0 aromatic rings. The highest BCUT2D eigenvalue weighted by Crippen LogP contribution is 2.04. The summed E-state index contributed by atoms with van der Waals surface area (Å²) in [5.74, 6) is 0.310. The second-order valence-electron chi connectivity index (χ2n) is 5.70. The van der Waals surface area contributed by atoms with Crippen LogP contribution in [0.2, 0.25) is 0 Å². The van der Waals surface area contributed by atoms with Gasteiger partial charge in [-0.25, -0.2) is 0 Å². The molecule has 0 atom stereocenters. The van der Waals surface area contributed by atoms with E-state index in [9.17, 15) is 4.79 Å². The zero-order valence-corrected chi connectivity index (χ0v) is 14.5. The van der Waals surface area contributed by atoms with Crippen LogP contribution in [0.5, 0.6) is 0 Å². The molecule has 0 saturated heterocycles. The van der Waals surface area contributed by atoms with Gasteiger partial charge in [-0.15, -0.1) is 0 Å². The van der Waals surface area contributed by atoms with E-state index < -0.39 is 0 Å². The minimum absolute atomic E-state index is 0.0677. The predicted octanol–water partition coefficient (Wildman–Crippen LogP) is 5.77. The Hall–Kier alpha value is -1.57. The minimum Gasteiger partial charge on any atom is -0.466 e. The topological polar surface area (TPSA) is 26.3 Å². The summed E-state index contributed by atoms with van der Waals surface area (Å²) < 4.78 is 5.17. The largest absolute Gasteiger partial charge is 0.466 e. The first kappa shape index (κ1) is 20.4. The molecule has 0 aromatic carbocycles. The molecule has 0 heterocycles. The molecule has 0 unspecified atom stereocenters. The highest BCUT2D eigenvalue weighted by molar-refractivity contribution is 5.69. The molecule has 0 saturated carbocycles. The van der Waals surface area contributed by atoms with Gasteiger partial charge in [-0.05, 0) is 38.0 Å². The van der Waals surface area contributed by atoms with Crippen LogP contribution in [0.25, 0.3) is 0 Å². The van der Waals surface area contributed by atoms with Gasteiger partial charge in [0.05, 0.1) is 6.61 Å². The summed E-state index contributed by atoms with van der Waals surface area (Å²) in [5.41, 5.74) is 0. The number of allylic oxidation sites excluding steroid dienone is 8. The van der Waals surface area contributed by atoms with E-state index >= 15 is 0 Å². The van der Waals surface area contributed by atoms with Crippen molar-refractivity contribution < 1.29 is 9.53 Å².